The first-order valence-electron chi connectivity index (χ1n) is 6.94. The molecule has 0 radical (unpaired) electrons. The molecule has 2 nitrogen and oxygen atoms in total. The van der Waals surface area contributed by atoms with E-state index in [1.807, 2.05) is 0 Å². The molecule has 19 heavy (non-hydrogen) atoms. The average molecular weight is 301 g/mol. The number of hydrogen-bond donors (Lipinski definition) is 0. The van der Waals surface area contributed by atoms with Gasteiger partial charge in [-0.3, -0.25) is 0 Å². The molecule has 2 aliphatic heterocycles. The van der Waals surface area contributed by atoms with Crippen LogP contribution in [0.5, 0.6) is 0 Å². The second-order valence-electron chi connectivity index (χ2n) is 6.28. The number of halogens is 1. The highest BCUT2D eigenvalue weighted by atomic mass is 35.5. The van der Waals surface area contributed by atoms with Crippen LogP contribution in [0.2, 0.25) is 0 Å². The standard InChI is InChI=1S/C15H21ClO2S/c1-10(2)15-8-13(14(3,18-15)7-12(15)16)17-9-11-5-4-6-19-11/h4-6,10,12-13H,7-9H2,1-3H3/t12-,13+,14-,15+/m0/s1. The topological polar surface area (TPSA) is 18.5 Å². The third-order valence-electron chi connectivity index (χ3n) is 4.71. The molecule has 0 aromatic carbocycles. The van der Waals surface area contributed by atoms with Gasteiger partial charge in [0.1, 0.15) is 0 Å². The Balaban J connectivity index is 1.72. The lowest BCUT2D eigenvalue weighted by Crippen LogP contribution is -2.45. The van der Waals surface area contributed by atoms with Gasteiger partial charge in [-0.25, -0.2) is 0 Å². The van der Waals surface area contributed by atoms with Crippen LogP contribution in [0.1, 0.15) is 38.5 Å². The molecular weight excluding hydrogens is 280 g/mol. The molecule has 0 aliphatic carbocycles. The Morgan fingerprint density at radius 2 is 2.32 bits per heavy atom. The van der Waals surface area contributed by atoms with Crippen LogP contribution in [0, 0.1) is 5.92 Å². The van der Waals surface area contributed by atoms with Crippen molar-refractivity contribution in [1.29, 1.82) is 0 Å². The van der Waals surface area contributed by atoms with Crippen LogP contribution in [-0.2, 0) is 16.1 Å². The maximum absolute atomic E-state index is 6.54. The van der Waals surface area contributed by atoms with Gasteiger partial charge in [0.2, 0.25) is 0 Å². The number of rotatable bonds is 4. The highest BCUT2D eigenvalue weighted by Gasteiger charge is 2.65. The molecule has 2 bridgehead atoms. The minimum Gasteiger partial charge on any atom is -0.370 e. The summed E-state index contributed by atoms with van der Waals surface area (Å²) in [6.07, 6.45) is 1.97. The first kappa shape index (κ1) is 13.9. The molecule has 4 atom stereocenters. The van der Waals surface area contributed by atoms with E-state index in [1.54, 1.807) is 11.3 Å². The fraction of sp³-hybridized carbons (Fsp3) is 0.733. The largest absolute Gasteiger partial charge is 0.370 e. The zero-order chi connectivity index (χ0) is 13.7. The number of thiophene rings is 1. The van der Waals surface area contributed by atoms with E-state index >= 15 is 0 Å². The predicted octanol–water partition coefficient (Wildman–Crippen LogP) is 4.22. The van der Waals surface area contributed by atoms with E-state index in [1.165, 1.54) is 4.88 Å². The molecule has 2 fully saturated rings. The fourth-order valence-corrected chi connectivity index (χ4v) is 4.79. The van der Waals surface area contributed by atoms with Crippen molar-refractivity contribution in [1.82, 2.24) is 0 Å². The van der Waals surface area contributed by atoms with Crippen molar-refractivity contribution in [3.05, 3.63) is 22.4 Å². The summed E-state index contributed by atoms with van der Waals surface area (Å²) in [5.41, 5.74) is -0.412. The number of hydrogen-bond acceptors (Lipinski definition) is 3. The maximum atomic E-state index is 6.54. The van der Waals surface area contributed by atoms with Crippen molar-refractivity contribution in [2.45, 2.75) is 62.9 Å². The molecule has 3 heterocycles. The van der Waals surface area contributed by atoms with Crippen LogP contribution in [-0.4, -0.2) is 22.7 Å². The van der Waals surface area contributed by atoms with E-state index in [0.29, 0.717) is 12.5 Å². The van der Waals surface area contributed by atoms with Crippen molar-refractivity contribution in [3.63, 3.8) is 0 Å². The van der Waals surface area contributed by atoms with Crippen LogP contribution in [0.3, 0.4) is 0 Å². The minimum atomic E-state index is -0.214. The molecule has 2 aliphatic rings. The van der Waals surface area contributed by atoms with Crippen molar-refractivity contribution in [2.75, 3.05) is 0 Å². The first-order valence-corrected chi connectivity index (χ1v) is 8.26. The van der Waals surface area contributed by atoms with Crippen molar-refractivity contribution >= 4 is 22.9 Å². The van der Waals surface area contributed by atoms with Gasteiger partial charge in [0, 0.05) is 11.3 Å². The van der Waals surface area contributed by atoms with Gasteiger partial charge in [-0.2, -0.15) is 0 Å². The molecule has 1 aromatic rings. The smallest absolute Gasteiger partial charge is 0.0939 e. The van der Waals surface area contributed by atoms with Crippen molar-refractivity contribution < 1.29 is 9.47 Å². The van der Waals surface area contributed by atoms with Gasteiger partial charge in [-0.05, 0) is 30.7 Å². The van der Waals surface area contributed by atoms with Gasteiger partial charge in [0.25, 0.3) is 0 Å². The number of fused-ring (bicyclic) bond motifs is 2. The summed E-state index contributed by atoms with van der Waals surface area (Å²) in [6, 6.07) is 4.18. The van der Waals surface area contributed by atoms with E-state index in [9.17, 15) is 0 Å². The van der Waals surface area contributed by atoms with Crippen LogP contribution in [0.15, 0.2) is 17.5 Å². The van der Waals surface area contributed by atoms with Crippen LogP contribution in [0.25, 0.3) is 0 Å². The monoisotopic (exact) mass is 300 g/mol. The summed E-state index contributed by atoms with van der Waals surface area (Å²) in [6.45, 7) is 7.23. The lowest BCUT2D eigenvalue weighted by atomic mass is 9.75. The lowest BCUT2D eigenvalue weighted by molar-refractivity contribution is -0.0954. The highest BCUT2D eigenvalue weighted by Crippen LogP contribution is 2.57. The highest BCUT2D eigenvalue weighted by molar-refractivity contribution is 7.09. The van der Waals surface area contributed by atoms with Gasteiger partial charge in [0.05, 0.1) is 29.3 Å². The van der Waals surface area contributed by atoms with E-state index in [0.717, 1.165) is 12.8 Å². The second kappa shape index (κ2) is 4.73. The van der Waals surface area contributed by atoms with Gasteiger partial charge in [-0.1, -0.05) is 19.9 Å². The van der Waals surface area contributed by atoms with Crippen LogP contribution in [0.4, 0.5) is 0 Å². The summed E-state index contributed by atoms with van der Waals surface area (Å²) in [5.74, 6) is 0.423. The van der Waals surface area contributed by atoms with Gasteiger partial charge >= 0.3 is 0 Å². The number of ether oxygens (including phenoxy) is 2. The van der Waals surface area contributed by atoms with E-state index in [2.05, 4.69) is 38.3 Å². The van der Waals surface area contributed by atoms with E-state index < -0.39 is 0 Å². The van der Waals surface area contributed by atoms with Gasteiger partial charge < -0.3 is 9.47 Å². The number of alkyl halides is 1. The third-order valence-corrected chi connectivity index (χ3v) is 6.08. The Bertz CT molecular complexity index is 447. The van der Waals surface area contributed by atoms with E-state index in [4.69, 9.17) is 21.1 Å². The first-order chi connectivity index (χ1) is 8.96. The fourth-order valence-electron chi connectivity index (χ4n) is 3.47. The van der Waals surface area contributed by atoms with Crippen LogP contribution >= 0.6 is 22.9 Å². The molecule has 0 saturated carbocycles. The SMILES string of the molecule is CC(C)[C@]12C[C@@H](OCc3cccs3)[C@](C)(C[C@@H]1Cl)O2. The summed E-state index contributed by atoms with van der Waals surface area (Å²) < 4.78 is 12.5. The average Bonchev–Trinajstić information content (AvgIpc) is 2.98. The Labute approximate surface area is 124 Å². The molecule has 4 heteroatoms. The second-order valence-corrected chi connectivity index (χ2v) is 7.84. The summed E-state index contributed by atoms with van der Waals surface area (Å²) in [5, 5.41) is 2.20. The Kier molecular flexibility index (Phi) is 3.45. The molecular formula is C15H21ClO2S. The van der Waals surface area contributed by atoms with Crippen LogP contribution < -0.4 is 0 Å². The molecule has 3 rings (SSSR count). The molecule has 1 aromatic heterocycles. The predicted molar refractivity (Wildman–Crippen MR) is 78.8 cm³/mol. The van der Waals surface area contributed by atoms with E-state index in [-0.39, 0.29) is 22.7 Å². The molecule has 106 valence electrons. The van der Waals surface area contributed by atoms with Crippen molar-refractivity contribution in [3.8, 4) is 0 Å². The minimum absolute atomic E-state index is 0.110. The van der Waals surface area contributed by atoms with Gasteiger partial charge in [-0.15, -0.1) is 22.9 Å². The zero-order valence-corrected chi connectivity index (χ0v) is 13.3. The molecule has 0 amide bonds. The molecule has 0 N–H and O–H groups in total. The normalized spacial score (nSPS) is 41.3. The summed E-state index contributed by atoms with van der Waals surface area (Å²) >= 11 is 8.28. The molecule has 2 saturated heterocycles. The zero-order valence-electron chi connectivity index (χ0n) is 11.7. The lowest BCUT2D eigenvalue weighted by Gasteiger charge is -2.35. The maximum Gasteiger partial charge on any atom is 0.0939 e. The third kappa shape index (κ3) is 2.15. The Morgan fingerprint density at radius 3 is 2.89 bits per heavy atom. The summed E-state index contributed by atoms with van der Waals surface area (Å²) in [4.78, 5) is 1.27. The molecule has 0 unspecified atom stereocenters. The Hall–Kier alpha value is -0.0900. The quantitative estimate of drug-likeness (QED) is 0.775. The molecule has 0 spiro atoms. The summed E-state index contributed by atoms with van der Waals surface area (Å²) in [7, 11) is 0. The van der Waals surface area contributed by atoms with Gasteiger partial charge in [0.15, 0.2) is 0 Å². The Morgan fingerprint density at radius 1 is 1.53 bits per heavy atom. The van der Waals surface area contributed by atoms with Crippen molar-refractivity contribution in [2.24, 2.45) is 5.92 Å².